The van der Waals surface area contributed by atoms with Crippen molar-refractivity contribution in [2.45, 2.75) is 32.8 Å². The van der Waals surface area contributed by atoms with Gasteiger partial charge in [0.1, 0.15) is 5.69 Å². The largest absolute Gasteiger partial charge is 0.464 e. The molecule has 1 aliphatic rings. The number of Topliss-reactive ketones (excluding diaryl/α,β-unsaturated/α-hetero) is 1. The molecule has 1 aliphatic heterocycles. The van der Waals surface area contributed by atoms with Crippen LogP contribution in [0.25, 0.3) is 0 Å². The molecule has 1 aromatic carbocycles. The van der Waals surface area contributed by atoms with Crippen molar-refractivity contribution in [3.8, 4) is 0 Å². The van der Waals surface area contributed by atoms with E-state index in [0.29, 0.717) is 41.2 Å². The monoisotopic (exact) mass is 412 g/mol. The minimum absolute atomic E-state index is 0.0749. The van der Waals surface area contributed by atoms with Crippen LogP contribution in [0.5, 0.6) is 0 Å². The van der Waals surface area contributed by atoms with Crippen molar-refractivity contribution in [2.24, 2.45) is 7.05 Å². The number of esters is 1. The summed E-state index contributed by atoms with van der Waals surface area (Å²) >= 11 is 0. The molecule has 1 aromatic heterocycles. The summed E-state index contributed by atoms with van der Waals surface area (Å²) in [5, 5.41) is 0. The molecule has 7 nitrogen and oxygen atoms in total. The van der Waals surface area contributed by atoms with E-state index in [1.165, 1.54) is 7.11 Å². The normalized spacial score (nSPS) is 15.8. The van der Waals surface area contributed by atoms with Crippen molar-refractivity contribution >= 4 is 17.7 Å². The fourth-order valence-electron chi connectivity index (χ4n) is 4.04. The van der Waals surface area contributed by atoms with Gasteiger partial charge in [-0.15, -0.1) is 0 Å². The van der Waals surface area contributed by atoms with Gasteiger partial charge in [-0.1, -0.05) is 18.2 Å². The Morgan fingerprint density at radius 2 is 1.90 bits per heavy atom. The van der Waals surface area contributed by atoms with Crippen molar-refractivity contribution in [3.63, 3.8) is 0 Å². The number of ketones is 1. The first-order valence-electron chi connectivity index (χ1n) is 10.1. The number of hydrogen-bond donors (Lipinski definition) is 0. The summed E-state index contributed by atoms with van der Waals surface area (Å²) in [5.41, 5.74) is 2.56. The third kappa shape index (κ3) is 4.31. The van der Waals surface area contributed by atoms with Gasteiger partial charge in [0.15, 0.2) is 5.78 Å². The van der Waals surface area contributed by atoms with Gasteiger partial charge >= 0.3 is 5.97 Å². The van der Waals surface area contributed by atoms with E-state index < -0.39 is 5.97 Å². The molecule has 0 aliphatic carbocycles. The highest BCUT2D eigenvalue weighted by atomic mass is 16.5. The molecule has 160 valence electrons. The van der Waals surface area contributed by atoms with E-state index in [-0.39, 0.29) is 24.3 Å². The minimum atomic E-state index is -0.492. The Hall–Kier alpha value is -2.93. The predicted molar refractivity (Wildman–Crippen MR) is 112 cm³/mol. The van der Waals surface area contributed by atoms with E-state index >= 15 is 0 Å². The fourth-order valence-corrected chi connectivity index (χ4v) is 4.04. The Kier molecular flexibility index (Phi) is 6.72. The number of methoxy groups -OCH3 is 1. The highest BCUT2D eigenvalue weighted by molar-refractivity contribution is 6.06. The lowest BCUT2D eigenvalue weighted by Crippen LogP contribution is -2.41. The first-order chi connectivity index (χ1) is 14.3. The number of ether oxygens (including phenoxy) is 2. The molecule has 3 rings (SSSR count). The Morgan fingerprint density at radius 1 is 1.20 bits per heavy atom. The van der Waals surface area contributed by atoms with Gasteiger partial charge in [-0.2, -0.15) is 0 Å². The quantitative estimate of drug-likeness (QED) is 0.516. The molecule has 0 bridgehead atoms. The van der Waals surface area contributed by atoms with Gasteiger partial charge in [0.2, 0.25) is 0 Å². The molecule has 1 fully saturated rings. The van der Waals surface area contributed by atoms with Crippen molar-refractivity contribution in [3.05, 3.63) is 58.4 Å². The van der Waals surface area contributed by atoms with Crippen molar-refractivity contribution in [1.29, 1.82) is 0 Å². The molecule has 0 spiro atoms. The van der Waals surface area contributed by atoms with E-state index in [0.717, 1.165) is 12.8 Å². The molecular weight excluding hydrogens is 384 g/mol. The van der Waals surface area contributed by atoms with Gasteiger partial charge in [-0.25, -0.2) is 4.79 Å². The van der Waals surface area contributed by atoms with Crippen LogP contribution in [-0.4, -0.2) is 60.0 Å². The number of aromatic nitrogens is 1. The average Bonchev–Trinajstić information content (AvgIpc) is 3.33. The third-order valence-electron chi connectivity index (χ3n) is 5.68. The molecule has 2 aromatic rings. The van der Waals surface area contributed by atoms with Crippen LogP contribution < -0.4 is 0 Å². The molecule has 0 radical (unpaired) electrons. The van der Waals surface area contributed by atoms with Gasteiger partial charge < -0.3 is 18.9 Å². The summed E-state index contributed by atoms with van der Waals surface area (Å²) in [6.45, 7) is 4.46. The number of carbonyl (C=O) groups is 3. The number of amides is 1. The van der Waals surface area contributed by atoms with Crippen LogP contribution in [-0.2, 0) is 16.5 Å². The summed E-state index contributed by atoms with van der Waals surface area (Å²) < 4.78 is 12.2. The molecule has 30 heavy (non-hydrogen) atoms. The number of benzene rings is 1. The number of nitrogens with zero attached hydrogens (tertiary/aromatic N) is 2. The highest BCUT2D eigenvalue weighted by Gasteiger charge is 2.29. The number of rotatable bonds is 7. The second-order valence-corrected chi connectivity index (χ2v) is 7.59. The molecule has 0 saturated carbocycles. The van der Waals surface area contributed by atoms with Gasteiger partial charge in [-0.3, -0.25) is 9.59 Å². The maximum atomic E-state index is 13.3. The molecular formula is C23H28N2O5. The van der Waals surface area contributed by atoms with E-state index in [1.54, 1.807) is 54.6 Å². The molecule has 1 atom stereocenters. The topological polar surface area (TPSA) is 77.8 Å². The molecule has 0 unspecified atom stereocenters. The zero-order valence-electron chi connectivity index (χ0n) is 17.9. The van der Waals surface area contributed by atoms with E-state index in [4.69, 9.17) is 9.47 Å². The molecule has 7 heteroatoms. The first kappa shape index (κ1) is 21.8. The van der Waals surface area contributed by atoms with E-state index in [9.17, 15) is 14.4 Å². The zero-order chi connectivity index (χ0) is 21.8. The summed E-state index contributed by atoms with van der Waals surface area (Å²) in [7, 11) is 3.04. The standard InChI is InChI=1S/C23H28N2O5/c1-15-20(16(2)24(3)21(15)23(28)29-4)19(26)14-25(13-18-11-8-12-30-18)22(27)17-9-6-5-7-10-17/h5-7,9-10,18H,8,11-14H2,1-4H3/t18-/m0/s1. The van der Waals surface area contributed by atoms with Gasteiger partial charge in [-0.05, 0) is 44.4 Å². The summed E-state index contributed by atoms with van der Waals surface area (Å²) in [6, 6.07) is 8.92. The minimum Gasteiger partial charge on any atom is -0.464 e. The van der Waals surface area contributed by atoms with Gasteiger partial charge in [0, 0.05) is 37.0 Å². The van der Waals surface area contributed by atoms with E-state index in [2.05, 4.69) is 0 Å². The van der Waals surface area contributed by atoms with Crippen LogP contribution in [0.3, 0.4) is 0 Å². The first-order valence-corrected chi connectivity index (χ1v) is 10.1. The maximum Gasteiger partial charge on any atom is 0.354 e. The Morgan fingerprint density at radius 3 is 2.50 bits per heavy atom. The van der Waals surface area contributed by atoms with E-state index in [1.807, 2.05) is 6.07 Å². The number of carbonyl (C=O) groups excluding carboxylic acids is 3. The van der Waals surface area contributed by atoms with Gasteiger partial charge in [0.25, 0.3) is 5.91 Å². The van der Waals surface area contributed by atoms with Crippen LogP contribution in [0.4, 0.5) is 0 Å². The summed E-state index contributed by atoms with van der Waals surface area (Å²) in [6.07, 6.45) is 1.74. The number of hydrogen-bond acceptors (Lipinski definition) is 5. The molecule has 1 amide bonds. The SMILES string of the molecule is COC(=O)c1c(C)c(C(=O)CN(C[C@@H]2CCCO2)C(=O)c2ccccc2)c(C)n1C. The third-order valence-corrected chi connectivity index (χ3v) is 5.68. The van der Waals surface area contributed by atoms with Crippen molar-refractivity contribution < 1.29 is 23.9 Å². The smallest absolute Gasteiger partial charge is 0.354 e. The average molecular weight is 412 g/mol. The molecule has 0 N–H and O–H groups in total. The summed E-state index contributed by atoms with van der Waals surface area (Å²) in [4.78, 5) is 40.1. The van der Waals surface area contributed by atoms with Crippen LogP contribution >= 0.6 is 0 Å². The Bertz CT molecular complexity index is 942. The second-order valence-electron chi connectivity index (χ2n) is 7.59. The fraction of sp³-hybridized carbons (Fsp3) is 0.435. The lowest BCUT2D eigenvalue weighted by Gasteiger charge is -2.25. The van der Waals surface area contributed by atoms with Crippen LogP contribution in [0.2, 0.25) is 0 Å². The zero-order valence-corrected chi connectivity index (χ0v) is 17.9. The maximum absolute atomic E-state index is 13.3. The van der Waals surface area contributed by atoms with Crippen LogP contribution in [0, 0.1) is 13.8 Å². The van der Waals surface area contributed by atoms with Crippen molar-refractivity contribution in [2.75, 3.05) is 26.8 Å². The lowest BCUT2D eigenvalue weighted by atomic mass is 10.0. The Labute approximate surface area is 176 Å². The molecule has 1 saturated heterocycles. The van der Waals surface area contributed by atoms with Crippen molar-refractivity contribution in [1.82, 2.24) is 9.47 Å². The van der Waals surface area contributed by atoms with Crippen LogP contribution in [0.15, 0.2) is 30.3 Å². The molecule has 2 heterocycles. The Balaban J connectivity index is 1.89. The van der Waals surface area contributed by atoms with Crippen LogP contribution in [0.1, 0.15) is 55.3 Å². The summed E-state index contributed by atoms with van der Waals surface area (Å²) in [5.74, 6) is -0.911. The predicted octanol–water partition coefficient (Wildman–Crippen LogP) is 2.93. The lowest BCUT2D eigenvalue weighted by molar-refractivity contribution is 0.0506. The van der Waals surface area contributed by atoms with Gasteiger partial charge in [0.05, 0.1) is 19.8 Å². The highest BCUT2D eigenvalue weighted by Crippen LogP contribution is 2.23. The second kappa shape index (κ2) is 9.26.